The minimum absolute atomic E-state index is 0.0699. The maximum Gasteiger partial charge on any atom is 0.260 e. The zero-order chi connectivity index (χ0) is 18.7. The van der Waals surface area contributed by atoms with Gasteiger partial charge < -0.3 is 14.7 Å². The third-order valence-electron chi connectivity index (χ3n) is 5.01. The number of carbonyl (C=O) groups excluding carboxylic acids is 2. The molecule has 0 spiro atoms. The fourth-order valence-electron chi connectivity index (χ4n) is 3.38. The minimum atomic E-state index is -0.103. The van der Waals surface area contributed by atoms with Crippen molar-refractivity contribution < 1.29 is 9.59 Å². The molecule has 0 radical (unpaired) electrons. The molecular weight excluding hydrogens is 326 g/mol. The summed E-state index contributed by atoms with van der Waals surface area (Å²) in [5.74, 6) is -0.173. The zero-order valence-electron chi connectivity index (χ0n) is 15.6. The smallest absolute Gasteiger partial charge is 0.260 e. The first kappa shape index (κ1) is 18.1. The number of benzene rings is 2. The molecule has 26 heavy (non-hydrogen) atoms. The highest BCUT2D eigenvalue weighted by molar-refractivity contribution is 6.20. The van der Waals surface area contributed by atoms with Crippen molar-refractivity contribution in [3.63, 3.8) is 0 Å². The molecule has 136 valence electrons. The number of likely N-dealkylation sites (N-methyl/N-ethyl adjacent to an activating group) is 1. The third-order valence-corrected chi connectivity index (χ3v) is 5.01. The standard InChI is InChI=1S/C21H25N3O2/c1-4-23(5-2)14-15-24-19-13-9-7-11-17(19)20(25)22(3)18-12-8-6-10-16(18)21(24)26/h6-13H,4-5,14-15H2,1-3H3. The molecule has 0 bridgehead atoms. The summed E-state index contributed by atoms with van der Waals surface area (Å²) in [7, 11) is 1.72. The lowest BCUT2D eigenvalue weighted by atomic mass is 10.0. The van der Waals surface area contributed by atoms with Crippen LogP contribution < -0.4 is 9.80 Å². The Balaban J connectivity index is 2.09. The van der Waals surface area contributed by atoms with Gasteiger partial charge in [-0.3, -0.25) is 9.59 Å². The second kappa shape index (κ2) is 7.70. The molecule has 2 aromatic carbocycles. The number of carbonyl (C=O) groups is 2. The van der Waals surface area contributed by atoms with Gasteiger partial charge in [-0.15, -0.1) is 0 Å². The van der Waals surface area contributed by atoms with Crippen molar-refractivity contribution in [1.82, 2.24) is 4.90 Å². The van der Waals surface area contributed by atoms with Gasteiger partial charge in [0.25, 0.3) is 11.8 Å². The first-order chi connectivity index (χ1) is 12.6. The maximum atomic E-state index is 13.4. The number of rotatable bonds is 5. The fourth-order valence-corrected chi connectivity index (χ4v) is 3.38. The Morgan fingerprint density at radius 2 is 1.35 bits per heavy atom. The van der Waals surface area contributed by atoms with Crippen molar-refractivity contribution >= 4 is 23.2 Å². The van der Waals surface area contributed by atoms with Crippen molar-refractivity contribution in [2.75, 3.05) is 43.0 Å². The van der Waals surface area contributed by atoms with E-state index in [1.807, 2.05) is 36.4 Å². The molecule has 0 fully saturated rings. The zero-order valence-corrected chi connectivity index (χ0v) is 15.6. The maximum absolute atomic E-state index is 13.4. The Labute approximate surface area is 154 Å². The number of nitrogens with zero attached hydrogens (tertiary/aromatic N) is 3. The second-order valence-electron chi connectivity index (χ2n) is 6.38. The van der Waals surface area contributed by atoms with E-state index in [4.69, 9.17) is 0 Å². The van der Waals surface area contributed by atoms with E-state index in [1.54, 1.807) is 29.0 Å². The third kappa shape index (κ3) is 3.22. The molecule has 0 saturated carbocycles. The predicted octanol–water partition coefficient (Wildman–Crippen LogP) is 3.27. The van der Waals surface area contributed by atoms with Gasteiger partial charge in [-0.05, 0) is 37.4 Å². The molecule has 1 aliphatic heterocycles. The Morgan fingerprint density at radius 3 is 1.96 bits per heavy atom. The van der Waals surface area contributed by atoms with Crippen molar-refractivity contribution in [2.24, 2.45) is 0 Å². The van der Waals surface area contributed by atoms with Crippen LogP contribution in [0.3, 0.4) is 0 Å². The number of anilines is 2. The van der Waals surface area contributed by atoms with Gasteiger partial charge in [0.15, 0.2) is 0 Å². The van der Waals surface area contributed by atoms with Crippen LogP contribution >= 0.6 is 0 Å². The molecule has 0 unspecified atom stereocenters. The van der Waals surface area contributed by atoms with Gasteiger partial charge in [0, 0.05) is 20.1 Å². The van der Waals surface area contributed by atoms with Crippen molar-refractivity contribution in [1.29, 1.82) is 0 Å². The van der Waals surface area contributed by atoms with E-state index < -0.39 is 0 Å². The van der Waals surface area contributed by atoms with Gasteiger partial charge >= 0.3 is 0 Å². The summed E-state index contributed by atoms with van der Waals surface area (Å²) in [6, 6.07) is 14.7. The number of amides is 2. The van der Waals surface area contributed by atoms with Crippen LogP contribution in [0, 0.1) is 0 Å². The molecule has 2 aromatic rings. The van der Waals surface area contributed by atoms with Crippen molar-refractivity contribution in [3.8, 4) is 0 Å². The molecule has 3 rings (SSSR count). The minimum Gasteiger partial charge on any atom is -0.311 e. The predicted molar refractivity (Wildman–Crippen MR) is 105 cm³/mol. The number of fused-ring (bicyclic) bond motifs is 2. The molecule has 1 aliphatic rings. The summed E-state index contributed by atoms with van der Waals surface area (Å²) >= 11 is 0. The number of hydrogen-bond donors (Lipinski definition) is 0. The SMILES string of the molecule is CCN(CC)CCN1C(=O)c2ccccc2N(C)C(=O)c2ccccc21. The highest BCUT2D eigenvalue weighted by Gasteiger charge is 2.30. The highest BCUT2D eigenvalue weighted by Crippen LogP contribution is 2.31. The Bertz CT molecular complexity index is 814. The van der Waals surface area contributed by atoms with Gasteiger partial charge in [-0.25, -0.2) is 0 Å². The highest BCUT2D eigenvalue weighted by atomic mass is 16.2. The van der Waals surface area contributed by atoms with Gasteiger partial charge in [-0.1, -0.05) is 38.1 Å². The van der Waals surface area contributed by atoms with E-state index in [0.29, 0.717) is 29.0 Å². The van der Waals surface area contributed by atoms with Crippen LogP contribution in [-0.2, 0) is 0 Å². The van der Waals surface area contributed by atoms with Crippen LogP contribution in [0.25, 0.3) is 0 Å². The van der Waals surface area contributed by atoms with Crippen LogP contribution in [0.1, 0.15) is 34.6 Å². The van der Waals surface area contributed by atoms with Crippen LogP contribution in [0.4, 0.5) is 11.4 Å². The van der Waals surface area contributed by atoms with E-state index in [9.17, 15) is 9.59 Å². The van der Waals surface area contributed by atoms with E-state index in [0.717, 1.165) is 19.6 Å². The van der Waals surface area contributed by atoms with Crippen molar-refractivity contribution in [2.45, 2.75) is 13.8 Å². The largest absolute Gasteiger partial charge is 0.311 e. The van der Waals surface area contributed by atoms with E-state index in [2.05, 4.69) is 18.7 Å². The normalized spacial score (nSPS) is 14.2. The lowest BCUT2D eigenvalue weighted by Gasteiger charge is -2.32. The molecule has 0 atom stereocenters. The summed E-state index contributed by atoms with van der Waals surface area (Å²) in [5.41, 5.74) is 2.43. The molecule has 2 amide bonds. The molecule has 1 heterocycles. The lowest BCUT2D eigenvalue weighted by Crippen LogP contribution is -2.42. The van der Waals surface area contributed by atoms with Crippen LogP contribution in [0.2, 0.25) is 0 Å². The Kier molecular flexibility index (Phi) is 5.38. The summed E-state index contributed by atoms with van der Waals surface area (Å²) in [5, 5.41) is 0. The van der Waals surface area contributed by atoms with Crippen LogP contribution in [-0.4, -0.2) is 49.9 Å². The molecular formula is C21H25N3O2. The van der Waals surface area contributed by atoms with Crippen LogP contribution in [0.5, 0.6) is 0 Å². The summed E-state index contributed by atoms with van der Waals surface area (Å²) < 4.78 is 0. The van der Waals surface area contributed by atoms with E-state index >= 15 is 0 Å². The van der Waals surface area contributed by atoms with E-state index in [-0.39, 0.29) is 11.8 Å². The molecule has 0 aliphatic carbocycles. The summed E-state index contributed by atoms with van der Waals surface area (Å²) in [4.78, 5) is 32.0. The number of para-hydroxylation sites is 2. The summed E-state index contributed by atoms with van der Waals surface area (Å²) in [6.07, 6.45) is 0. The topological polar surface area (TPSA) is 43.9 Å². The number of hydrogen-bond acceptors (Lipinski definition) is 3. The Morgan fingerprint density at radius 1 is 0.808 bits per heavy atom. The lowest BCUT2D eigenvalue weighted by molar-refractivity contribution is 0.0975. The molecule has 0 N–H and O–H groups in total. The van der Waals surface area contributed by atoms with Gasteiger partial charge in [-0.2, -0.15) is 0 Å². The van der Waals surface area contributed by atoms with Crippen LogP contribution in [0.15, 0.2) is 48.5 Å². The molecule has 5 nitrogen and oxygen atoms in total. The van der Waals surface area contributed by atoms with Gasteiger partial charge in [0.1, 0.15) is 0 Å². The average molecular weight is 351 g/mol. The molecule has 5 heteroatoms. The van der Waals surface area contributed by atoms with Crippen molar-refractivity contribution in [3.05, 3.63) is 59.7 Å². The first-order valence-corrected chi connectivity index (χ1v) is 9.08. The summed E-state index contributed by atoms with van der Waals surface area (Å²) in [6.45, 7) is 7.39. The quantitative estimate of drug-likeness (QED) is 0.830. The second-order valence-corrected chi connectivity index (χ2v) is 6.38. The average Bonchev–Trinajstić information content (AvgIpc) is 2.69. The first-order valence-electron chi connectivity index (χ1n) is 9.08. The van der Waals surface area contributed by atoms with Gasteiger partial charge in [0.2, 0.25) is 0 Å². The fraction of sp³-hybridized carbons (Fsp3) is 0.333. The Hall–Kier alpha value is -2.66. The molecule has 0 saturated heterocycles. The molecule has 0 aromatic heterocycles. The van der Waals surface area contributed by atoms with Gasteiger partial charge in [0.05, 0.1) is 22.5 Å². The van der Waals surface area contributed by atoms with E-state index in [1.165, 1.54) is 0 Å². The monoisotopic (exact) mass is 351 g/mol.